The summed E-state index contributed by atoms with van der Waals surface area (Å²) >= 11 is 0. The Morgan fingerprint density at radius 3 is 2.11 bits per heavy atom. The first-order valence-corrected chi connectivity index (χ1v) is 13.4. The Balaban J connectivity index is 2.36. The standard InChI is InChI=1S/C24H21NO9S2/c1-11(2)13-5-7-14(17(10-13)24(26)27)19-15-6-4-12(3)22(35(28,29)30)20(15)34-21-16(19)8-9-18(25)23(21)36(31,32)33/h4-11,25H,1-3H3,(H,26,27)(H,28,29,30)(H,31,32,33)/p-1. The molecule has 0 unspecified atom stereocenters. The highest BCUT2D eigenvalue weighted by atomic mass is 32.2. The van der Waals surface area contributed by atoms with E-state index < -0.39 is 52.7 Å². The Morgan fingerprint density at radius 1 is 0.944 bits per heavy atom. The van der Waals surface area contributed by atoms with Crippen molar-refractivity contribution >= 4 is 37.2 Å². The van der Waals surface area contributed by atoms with Crippen LogP contribution in [0, 0.1) is 6.92 Å². The number of carboxylic acid groups (broad SMARTS) is 1. The smallest absolute Gasteiger partial charge is 0.336 e. The molecule has 0 saturated heterocycles. The summed E-state index contributed by atoms with van der Waals surface area (Å²) in [5.41, 5.74) is 0.178. The second-order valence-corrected chi connectivity index (χ2v) is 11.2. The molecule has 3 N–H and O–H groups in total. The minimum Gasteiger partial charge on any atom is -0.744 e. The molecule has 0 bridgehead atoms. The largest absolute Gasteiger partial charge is 0.744 e. The normalized spacial score (nSPS) is 12.5. The predicted molar refractivity (Wildman–Crippen MR) is 125 cm³/mol. The van der Waals surface area contributed by atoms with Gasteiger partial charge in [-0.05, 0) is 41.7 Å². The lowest BCUT2D eigenvalue weighted by Crippen LogP contribution is -2.47. The van der Waals surface area contributed by atoms with Crippen LogP contribution in [0.15, 0.2) is 56.7 Å². The second kappa shape index (κ2) is 8.52. The topological polar surface area (TPSA) is 190 Å². The van der Waals surface area contributed by atoms with E-state index in [4.69, 9.17) is 9.83 Å². The fourth-order valence-corrected chi connectivity index (χ4v) is 5.83. The van der Waals surface area contributed by atoms with Gasteiger partial charge in [-0.1, -0.05) is 38.1 Å². The molecule has 1 aliphatic carbocycles. The van der Waals surface area contributed by atoms with E-state index >= 15 is 0 Å². The quantitative estimate of drug-likeness (QED) is 0.286. The van der Waals surface area contributed by atoms with Crippen LogP contribution >= 0.6 is 0 Å². The van der Waals surface area contributed by atoms with Gasteiger partial charge in [0.25, 0.3) is 0 Å². The number of fused-ring (bicyclic) bond motifs is 2. The molecule has 2 aliphatic rings. The third-order valence-electron chi connectivity index (χ3n) is 5.90. The van der Waals surface area contributed by atoms with Gasteiger partial charge in [0.2, 0.25) is 5.36 Å². The van der Waals surface area contributed by atoms with E-state index in [1.165, 1.54) is 37.3 Å². The molecule has 0 aromatic heterocycles. The van der Waals surface area contributed by atoms with Gasteiger partial charge in [0.1, 0.15) is 25.1 Å². The third-order valence-corrected chi connectivity index (χ3v) is 7.83. The van der Waals surface area contributed by atoms with Crippen molar-refractivity contribution in [3.05, 3.63) is 64.5 Å². The summed E-state index contributed by atoms with van der Waals surface area (Å²) < 4.78 is 78.6. The average molecular weight is 531 g/mol. The lowest BCUT2D eigenvalue weighted by molar-refractivity contribution is -0.176. The van der Waals surface area contributed by atoms with Gasteiger partial charge < -0.3 is 18.6 Å². The number of benzene rings is 3. The van der Waals surface area contributed by atoms with Crippen molar-refractivity contribution in [2.45, 2.75) is 36.5 Å². The van der Waals surface area contributed by atoms with Gasteiger partial charge in [-0.15, -0.1) is 0 Å². The summed E-state index contributed by atoms with van der Waals surface area (Å²) in [7, 11) is -10.4. The molecule has 2 aromatic carbocycles. The number of carbonyl (C=O) groups is 1. The summed E-state index contributed by atoms with van der Waals surface area (Å²) in [6.07, 6.45) is 0. The number of nitrogens with two attached hydrogens (primary N) is 1. The van der Waals surface area contributed by atoms with E-state index in [1.807, 2.05) is 13.8 Å². The maximum absolute atomic E-state index is 12.3. The van der Waals surface area contributed by atoms with Crippen LogP contribution in [-0.4, -0.2) is 37.0 Å². The van der Waals surface area contributed by atoms with E-state index in [0.29, 0.717) is 5.56 Å². The molecule has 12 heteroatoms. The third kappa shape index (κ3) is 4.17. The van der Waals surface area contributed by atoms with Crippen molar-refractivity contribution in [2.24, 2.45) is 0 Å². The monoisotopic (exact) mass is 530 g/mol. The van der Waals surface area contributed by atoms with Gasteiger partial charge >= 0.3 is 5.97 Å². The van der Waals surface area contributed by atoms with E-state index in [0.717, 1.165) is 6.07 Å². The predicted octanol–water partition coefficient (Wildman–Crippen LogP) is 1.80. The summed E-state index contributed by atoms with van der Waals surface area (Å²) in [6.45, 7) is 5.08. The second-order valence-electron chi connectivity index (χ2n) is 8.60. The fraction of sp³-hybridized carbons (Fsp3) is 0.167. The fourth-order valence-electron chi connectivity index (χ4n) is 4.26. The molecular weight excluding hydrogens is 510 g/mol. The van der Waals surface area contributed by atoms with Crippen molar-refractivity contribution in [1.82, 2.24) is 0 Å². The Hall–Kier alpha value is -3.58. The van der Waals surface area contributed by atoms with Crippen LogP contribution in [-0.2, 0) is 20.2 Å². The maximum atomic E-state index is 12.3. The first kappa shape index (κ1) is 25.5. The molecule has 4 rings (SSSR count). The molecule has 0 radical (unpaired) electrons. The molecule has 0 amide bonds. The van der Waals surface area contributed by atoms with Crippen molar-refractivity contribution in [3.8, 4) is 22.5 Å². The van der Waals surface area contributed by atoms with E-state index in [-0.39, 0.29) is 39.1 Å². The molecule has 2 aromatic rings. The van der Waals surface area contributed by atoms with Crippen LogP contribution in [0.3, 0.4) is 0 Å². The Kier molecular flexibility index (Phi) is 6.04. The van der Waals surface area contributed by atoms with Gasteiger partial charge in [0, 0.05) is 22.6 Å². The lowest BCUT2D eigenvalue weighted by atomic mass is 9.88. The molecule has 10 nitrogen and oxygen atoms in total. The summed E-state index contributed by atoms with van der Waals surface area (Å²) in [5.74, 6) is -1.91. The summed E-state index contributed by atoms with van der Waals surface area (Å²) in [4.78, 5) is 10.5. The minimum absolute atomic E-state index is 0.00981. The van der Waals surface area contributed by atoms with Gasteiger partial charge in [0.15, 0.2) is 16.2 Å². The first-order chi connectivity index (χ1) is 16.6. The highest BCUT2D eigenvalue weighted by molar-refractivity contribution is 7.86. The van der Waals surface area contributed by atoms with Crippen LogP contribution in [0.4, 0.5) is 0 Å². The minimum atomic E-state index is -5.24. The van der Waals surface area contributed by atoms with Gasteiger partial charge in [-0.2, -0.15) is 0 Å². The Morgan fingerprint density at radius 2 is 1.56 bits per heavy atom. The van der Waals surface area contributed by atoms with Crippen LogP contribution in [0.2, 0.25) is 0 Å². The SMILES string of the molecule is Cc1ccc2c(-c3ccc(C(C)C)cc3C(=O)O)c3ccc(=[NH2+])c(S(=O)(=O)[O-])c-3oc2c1S(=O)(=O)[O-]. The van der Waals surface area contributed by atoms with Crippen molar-refractivity contribution in [3.63, 3.8) is 0 Å². The van der Waals surface area contributed by atoms with Crippen molar-refractivity contribution < 1.29 is 45.7 Å². The van der Waals surface area contributed by atoms with Crippen LogP contribution in [0.5, 0.6) is 0 Å². The first-order valence-electron chi connectivity index (χ1n) is 10.5. The molecule has 0 spiro atoms. The maximum Gasteiger partial charge on any atom is 0.336 e. The van der Waals surface area contributed by atoms with Gasteiger partial charge in [-0.25, -0.2) is 21.6 Å². The number of carboxylic acids is 1. The highest BCUT2D eigenvalue weighted by Gasteiger charge is 2.29. The molecule has 0 atom stereocenters. The number of aromatic carboxylic acids is 1. The molecule has 1 aliphatic heterocycles. The average Bonchev–Trinajstić information content (AvgIpc) is 2.74. The summed E-state index contributed by atoms with van der Waals surface area (Å²) in [6, 6.07) is 9.90. The zero-order valence-electron chi connectivity index (χ0n) is 19.2. The molecular formula is C24H20NO9S2-. The van der Waals surface area contributed by atoms with Crippen molar-refractivity contribution in [2.75, 3.05) is 0 Å². The number of aryl methyl sites for hydroxylation is 1. The van der Waals surface area contributed by atoms with Crippen LogP contribution in [0.1, 0.15) is 41.3 Å². The Labute approximate surface area is 206 Å². The molecule has 1 heterocycles. The van der Waals surface area contributed by atoms with E-state index in [2.05, 4.69) is 0 Å². The number of hydrogen-bond donors (Lipinski definition) is 2. The van der Waals surface area contributed by atoms with Crippen LogP contribution < -0.4 is 10.8 Å². The Bertz CT molecular complexity index is 1820. The highest BCUT2D eigenvalue weighted by Crippen LogP contribution is 2.45. The van der Waals surface area contributed by atoms with Gasteiger partial charge in [0.05, 0.1) is 5.56 Å². The zero-order valence-corrected chi connectivity index (χ0v) is 20.9. The molecule has 0 fully saturated rings. The zero-order chi connectivity index (χ0) is 26.7. The molecule has 188 valence electrons. The number of hydrogen-bond acceptors (Lipinski definition) is 8. The van der Waals surface area contributed by atoms with Gasteiger partial charge in [-0.3, -0.25) is 5.41 Å². The lowest BCUT2D eigenvalue weighted by Gasteiger charge is -2.22. The van der Waals surface area contributed by atoms with Crippen LogP contribution in [0.25, 0.3) is 33.4 Å². The van der Waals surface area contributed by atoms with E-state index in [1.54, 1.807) is 6.07 Å². The molecule has 0 saturated carbocycles. The molecule has 36 heavy (non-hydrogen) atoms. The number of rotatable bonds is 5. The van der Waals surface area contributed by atoms with E-state index in [9.17, 15) is 35.8 Å². The van der Waals surface area contributed by atoms with Crippen molar-refractivity contribution in [1.29, 1.82) is 0 Å². The summed E-state index contributed by atoms with van der Waals surface area (Å²) in [5, 5.41) is 15.3.